The third kappa shape index (κ3) is 3.31. The Labute approximate surface area is 181 Å². The summed E-state index contributed by atoms with van der Waals surface area (Å²) in [6.45, 7) is 10.2. The number of aliphatic hydroxyl groups is 3. The van der Waals surface area contributed by atoms with Gasteiger partial charge in [0.05, 0.1) is 18.3 Å². The number of hydrogen-bond acceptors (Lipinski definition) is 4. The van der Waals surface area contributed by atoms with Gasteiger partial charge in [0.2, 0.25) is 5.91 Å². The Hall–Kier alpha value is -0.780. The number of aliphatic hydroxyl groups excluding tert-OH is 3. The van der Waals surface area contributed by atoms with E-state index in [0.29, 0.717) is 36.0 Å². The van der Waals surface area contributed by atoms with Crippen molar-refractivity contribution in [2.45, 2.75) is 96.9 Å². The first-order valence-electron chi connectivity index (χ1n) is 12.2. The van der Waals surface area contributed by atoms with Gasteiger partial charge in [0, 0.05) is 6.42 Å². The Bertz CT molecular complexity index is 682. The Kier molecular flexibility index (Phi) is 5.95. The topological polar surface area (TPSA) is 90.1 Å². The second-order valence-corrected chi connectivity index (χ2v) is 11.6. The van der Waals surface area contributed by atoms with Crippen LogP contribution in [0.4, 0.5) is 0 Å². The smallest absolute Gasteiger partial charge is 0.245 e. The molecule has 0 heterocycles. The van der Waals surface area contributed by atoms with Crippen molar-refractivity contribution in [2.24, 2.45) is 51.3 Å². The van der Waals surface area contributed by atoms with Crippen molar-refractivity contribution in [3.05, 3.63) is 0 Å². The molecule has 4 rings (SSSR count). The molecule has 4 aliphatic rings. The third-order valence-corrected chi connectivity index (χ3v) is 10.5. The highest BCUT2D eigenvalue weighted by Gasteiger charge is 2.65. The summed E-state index contributed by atoms with van der Waals surface area (Å²) in [4.78, 5) is 15.2. The lowest BCUT2D eigenvalue weighted by Crippen LogP contribution is -2.62. The SMILES string of the molecule is C=NC(=O)CC[C@@H](C)[C@H]1CC[C@H]2[C@@H]3[C@H](O)C[C@@H]4C[C@H](O)CC[C@]4(C)[C@H]3C[C@H](O)[C@]12C. The van der Waals surface area contributed by atoms with Crippen molar-refractivity contribution < 1.29 is 20.1 Å². The van der Waals surface area contributed by atoms with Crippen molar-refractivity contribution in [1.82, 2.24) is 0 Å². The van der Waals surface area contributed by atoms with Crippen LogP contribution >= 0.6 is 0 Å². The van der Waals surface area contributed by atoms with Gasteiger partial charge in [-0.15, -0.1) is 0 Å². The lowest BCUT2D eigenvalue weighted by Gasteiger charge is -2.63. The minimum absolute atomic E-state index is 0.108. The van der Waals surface area contributed by atoms with E-state index in [1.54, 1.807) is 0 Å². The van der Waals surface area contributed by atoms with E-state index in [9.17, 15) is 20.1 Å². The molecular formula is C25H41NO4. The largest absolute Gasteiger partial charge is 0.393 e. The van der Waals surface area contributed by atoms with Crippen LogP contribution < -0.4 is 0 Å². The standard InChI is InChI=1S/C25H41NO4/c1-14(5-8-22(30)26-4)17-6-7-18-23-19(13-21(29)25(17,18)3)24(2)10-9-16(27)11-15(24)12-20(23)28/h14-21,23,27-29H,4-13H2,1-3H3/t14-,15+,16-,17-,18+,19+,20-,21+,23+,24+,25-/m1/s1. The summed E-state index contributed by atoms with van der Waals surface area (Å²) >= 11 is 0. The molecule has 11 atom stereocenters. The summed E-state index contributed by atoms with van der Waals surface area (Å²) in [5, 5.41) is 33.1. The van der Waals surface area contributed by atoms with Crippen LogP contribution in [0.15, 0.2) is 4.99 Å². The molecule has 0 aromatic heterocycles. The predicted octanol–water partition coefficient (Wildman–Crippen LogP) is 3.59. The molecule has 0 saturated heterocycles. The molecule has 0 spiro atoms. The highest BCUT2D eigenvalue weighted by Crippen LogP contribution is 2.68. The van der Waals surface area contributed by atoms with E-state index in [4.69, 9.17) is 0 Å². The average Bonchev–Trinajstić information content (AvgIpc) is 3.06. The van der Waals surface area contributed by atoms with Gasteiger partial charge in [0.25, 0.3) is 0 Å². The summed E-state index contributed by atoms with van der Waals surface area (Å²) < 4.78 is 0. The minimum Gasteiger partial charge on any atom is -0.393 e. The molecule has 30 heavy (non-hydrogen) atoms. The Balaban J connectivity index is 1.58. The molecule has 4 aliphatic carbocycles. The van der Waals surface area contributed by atoms with Crippen molar-refractivity contribution in [3.8, 4) is 0 Å². The number of hydrogen-bond donors (Lipinski definition) is 3. The first-order chi connectivity index (χ1) is 14.1. The fourth-order valence-electron chi connectivity index (χ4n) is 8.76. The van der Waals surface area contributed by atoms with Crippen LogP contribution in [0.2, 0.25) is 0 Å². The zero-order valence-electron chi connectivity index (χ0n) is 19.0. The van der Waals surface area contributed by atoms with Crippen LogP contribution in [-0.2, 0) is 4.79 Å². The van der Waals surface area contributed by atoms with Crippen LogP contribution in [0.1, 0.15) is 78.6 Å². The molecule has 0 aliphatic heterocycles. The lowest BCUT2D eigenvalue weighted by molar-refractivity contribution is -0.207. The maximum atomic E-state index is 11.7. The first-order valence-corrected chi connectivity index (χ1v) is 12.2. The van der Waals surface area contributed by atoms with E-state index in [2.05, 4.69) is 32.5 Å². The Morgan fingerprint density at radius 1 is 1.10 bits per heavy atom. The molecule has 0 aromatic carbocycles. The average molecular weight is 420 g/mol. The second-order valence-electron chi connectivity index (χ2n) is 11.6. The number of nitrogens with zero attached hydrogens (tertiary/aromatic N) is 1. The molecule has 4 fully saturated rings. The number of amides is 1. The fourth-order valence-corrected chi connectivity index (χ4v) is 8.76. The molecule has 1 amide bonds. The van der Waals surface area contributed by atoms with Crippen molar-refractivity contribution in [1.29, 1.82) is 0 Å². The molecule has 4 saturated carbocycles. The second kappa shape index (κ2) is 7.97. The van der Waals surface area contributed by atoms with E-state index in [-0.39, 0.29) is 41.0 Å². The lowest BCUT2D eigenvalue weighted by atomic mass is 9.43. The molecule has 0 bridgehead atoms. The van der Waals surface area contributed by atoms with E-state index < -0.39 is 0 Å². The quantitative estimate of drug-likeness (QED) is 0.608. The highest BCUT2D eigenvalue weighted by molar-refractivity contribution is 5.80. The van der Waals surface area contributed by atoms with Crippen molar-refractivity contribution in [3.63, 3.8) is 0 Å². The van der Waals surface area contributed by atoms with Gasteiger partial charge in [-0.1, -0.05) is 20.8 Å². The van der Waals surface area contributed by atoms with Gasteiger partial charge in [-0.25, -0.2) is 4.99 Å². The van der Waals surface area contributed by atoms with E-state index >= 15 is 0 Å². The van der Waals surface area contributed by atoms with Crippen LogP contribution in [0.5, 0.6) is 0 Å². The molecule has 5 nitrogen and oxygen atoms in total. The van der Waals surface area contributed by atoms with E-state index in [1.807, 2.05) is 0 Å². The molecule has 170 valence electrons. The van der Waals surface area contributed by atoms with Gasteiger partial charge in [-0.3, -0.25) is 4.79 Å². The van der Waals surface area contributed by atoms with Gasteiger partial charge in [0.1, 0.15) is 0 Å². The summed E-state index contributed by atoms with van der Waals surface area (Å²) in [6.07, 6.45) is 6.55. The first kappa shape index (κ1) is 22.4. The van der Waals surface area contributed by atoms with Gasteiger partial charge >= 0.3 is 0 Å². The number of carbonyl (C=O) groups excluding carboxylic acids is 1. The molecule has 3 N–H and O–H groups in total. The van der Waals surface area contributed by atoms with Gasteiger partial charge in [-0.2, -0.15) is 0 Å². The molecule has 5 heteroatoms. The van der Waals surface area contributed by atoms with Gasteiger partial charge in [0.15, 0.2) is 0 Å². The van der Waals surface area contributed by atoms with Gasteiger partial charge < -0.3 is 15.3 Å². The maximum Gasteiger partial charge on any atom is 0.245 e. The van der Waals surface area contributed by atoms with Gasteiger partial charge in [-0.05, 0) is 104 Å². The molecule has 0 aromatic rings. The monoisotopic (exact) mass is 419 g/mol. The zero-order chi connectivity index (χ0) is 21.8. The zero-order valence-corrected chi connectivity index (χ0v) is 19.0. The van der Waals surface area contributed by atoms with E-state index in [0.717, 1.165) is 51.4 Å². The summed E-state index contributed by atoms with van der Waals surface area (Å²) in [5.74, 6) is 1.80. The van der Waals surface area contributed by atoms with Crippen LogP contribution in [0.25, 0.3) is 0 Å². The molecule has 0 radical (unpaired) electrons. The number of fused-ring (bicyclic) bond motifs is 5. The highest BCUT2D eigenvalue weighted by atomic mass is 16.3. The minimum atomic E-state index is -0.374. The van der Waals surface area contributed by atoms with E-state index in [1.165, 1.54) is 0 Å². The Morgan fingerprint density at radius 2 is 1.83 bits per heavy atom. The molecule has 0 unspecified atom stereocenters. The number of aliphatic imine (C=N–C) groups is 1. The number of rotatable bonds is 4. The summed E-state index contributed by atoms with van der Waals surface area (Å²) in [7, 11) is 0. The van der Waals surface area contributed by atoms with Crippen LogP contribution in [-0.4, -0.2) is 46.3 Å². The summed E-state index contributed by atoms with van der Waals surface area (Å²) in [5.41, 5.74) is -0.0964. The van der Waals surface area contributed by atoms with Crippen LogP contribution in [0.3, 0.4) is 0 Å². The number of carbonyl (C=O) groups is 1. The van der Waals surface area contributed by atoms with Crippen molar-refractivity contribution in [2.75, 3.05) is 0 Å². The molecular weight excluding hydrogens is 378 g/mol. The Morgan fingerprint density at radius 3 is 2.53 bits per heavy atom. The normalized spacial score (nSPS) is 51.4. The third-order valence-electron chi connectivity index (χ3n) is 10.5. The maximum absolute atomic E-state index is 11.7. The van der Waals surface area contributed by atoms with Crippen LogP contribution in [0, 0.1) is 46.3 Å². The fraction of sp³-hybridized carbons (Fsp3) is 0.920. The predicted molar refractivity (Wildman–Crippen MR) is 117 cm³/mol. The van der Waals surface area contributed by atoms with Crippen molar-refractivity contribution >= 4 is 12.6 Å². The summed E-state index contributed by atoms with van der Waals surface area (Å²) in [6, 6.07) is 0.